The van der Waals surface area contributed by atoms with E-state index in [1.54, 1.807) is 12.1 Å². The van der Waals surface area contributed by atoms with Gasteiger partial charge >= 0.3 is 5.97 Å². The monoisotopic (exact) mass is 341 g/mol. The Bertz CT molecular complexity index is 773. The van der Waals surface area contributed by atoms with Crippen LogP contribution in [0, 0.1) is 6.92 Å². The van der Waals surface area contributed by atoms with Crippen LogP contribution >= 0.6 is 0 Å². The first-order chi connectivity index (χ1) is 11.7. The highest BCUT2D eigenvalue weighted by Crippen LogP contribution is 2.32. The van der Waals surface area contributed by atoms with E-state index in [0.29, 0.717) is 11.4 Å². The van der Waals surface area contributed by atoms with Crippen LogP contribution in [0.3, 0.4) is 0 Å². The highest BCUT2D eigenvalue weighted by molar-refractivity contribution is 5.93. The number of aromatic carboxylic acids is 1. The Hall–Kier alpha value is -2.82. The van der Waals surface area contributed by atoms with Crippen LogP contribution in [0.1, 0.15) is 42.3 Å². The van der Waals surface area contributed by atoms with Crippen LogP contribution < -0.4 is 10.1 Å². The number of carboxylic acids is 1. The zero-order valence-corrected chi connectivity index (χ0v) is 14.9. The quantitative estimate of drug-likeness (QED) is 0.861. The van der Waals surface area contributed by atoms with Crippen LogP contribution in [0.15, 0.2) is 42.5 Å². The molecule has 0 saturated heterocycles. The van der Waals surface area contributed by atoms with E-state index < -0.39 is 5.97 Å². The molecule has 2 rings (SSSR count). The minimum Gasteiger partial charge on any atom is -0.483 e. The van der Waals surface area contributed by atoms with Crippen molar-refractivity contribution >= 4 is 17.6 Å². The third-order valence-corrected chi connectivity index (χ3v) is 3.72. The summed E-state index contributed by atoms with van der Waals surface area (Å²) in [5.74, 6) is -0.617. The molecule has 1 amide bonds. The predicted octanol–water partition coefficient (Wildman–Crippen LogP) is 4.01. The van der Waals surface area contributed by atoms with Crippen molar-refractivity contribution < 1.29 is 19.4 Å². The van der Waals surface area contributed by atoms with Gasteiger partial charge in [-0.05, 0) is 48.2 Å². The Labute approximate surface area is 147 Å². The van der Waals surface area contributed by atoms with Gasteiger partial charge in [-0.2, -0.15) is 0 Å². The summed E-state index contributed by atoms with van der Waals surface area (Å²) in [6.45, 7) is 8.19. The number of benzene rings is 2. The third kappa shape index (κ3) is 5.08. The van der Waals surface area contributed by atoms with E-state index in [9.17, 15) is 9.59 Å². The topological polar surface area (TPSA) is 75.6 Å². The highest BCUT2D eigenvalue weighted by atomic mass is 16.5. The average Bonchev–Trinajstić information content (AvgIpc) is 2.53. The Morgan fingerprint density at radius 2 is 1.72 bits per heavy atom. The first kappa shape index (κ1) is 18.5. The SMILES string of the molecule is Cc1ccc(OCC(=O)Nc2ccc(C(=O)O)cc2)c(C(C)(C)C)c1. The molecule has 2 N–H and O–H groups in total. The van der Waals surface area contributed by atoms with Crippen LogP contribution in [0.2, 0.25) is 0 Å². The maximum absolute atomic E-state index is 12.1. The summed E-state index contributed by atoms with van der Waals surface area (Å²) >= 11 is 0. The van der Waals surface area contributed by atoms with Gasteiger partial charge in [-0.1, -0.05) is 38.5 Å². The lowest BCUT2D eigenvalue weighted by atomic mass is 9.85. The van der Waals surface area contributed by atoms with E-state index in [1.807, 2.05) is 19.1 Å². The number of hydrogen-bond donors (Lipinski definition) is 2. The summed E-state index contributed by atoms with van der Waals surface area (Å²) in [4.78, 5) is 22.9. The van der Waals surface area contributed by atoms with Gasteiger partial charge in [-0.25, -0.2) is 4.79 Å². The summed E-state index contributed by atoms with van der Waals surface area (Å²) in [6, 6.07) is 11.9. The van der Waals surface area contributed by atoms with E-state index in [1.165, 1.54) is 12.1 Å². The summed E-state index contributed by atoms with van der Waals surface area (Å²) in [7, 11) is 0. The summed E-state index contributed by atoms with van der Waals surface area (Å²) < 4.78 is 5.71. The molecule has 0 fully saturated rings. The van der Waals surface area contributed by atoms with Gasteiger partial charge in [-0.3, -0.25) is 4.79 Å². The number of nitrogens with one attached hydrogen (secondary N) is 1. The molecular formula is C20H23NO4. The number of rotatable bonds is 5. The van der Waals surface area contributed by atoms with Gasteiger partial charge in [-0.15, -0.1) is 0 Å². The van der Waals surface area contributed by atoms with Gasteiger partial charge in [0, 0.05) is 5.69 Å². The third-order valence-electron chi connectivity index (χ3n) is 3.72. The molecule has 0 aliphatic rings. The van der Waals surface area contributed by atoms with Crippen LogP contribution in [-0.4, -0.2) is 23.6 Å². The van der Waals surface area contributed by atoms with E-state index >= 15 is 0 Å². The molecule has 0 aliphatic heterocycles. The number of carbonyl (C=O) groups is 2. The minimum atomic E-state index is -1.00. The van der Waals surface area contributed by atoms with Crippen molar-refractivity contribution in [3.8, 4) is 5.75 Å². The summed E-state index contributed by atoms with van der Waals surface area (Å²) in [5.41, 5.74) is 2.79. The number of ether oxygens (including phenoxy) is 1. The second-order valence-electron chi connectivity index (χ2n) is 6.97. The largest absolute Gasteiger partial charge is 0.483 e. The van der Waals surface area contributed by atoms with Crippen LogP contribution in [0.25, 0.3) is 0 Å². The molecule has 5 heteroatoms. The van der Waals surface area contributed by atoms with Crippen LogP contribution in [0.5, 0.6) is 5.75 Å². The van der Waals surface area contributed by atoms with E-state index in [-0.39, 0.29) is 23.5 Å². The molecule has 0 aliphatic carbocycles. The fraction of sp³-hybridized carbons (Fsp3) is 0.300. The molecule has 0 radical (unpaired) electrons. The van der Waals surface area contributed by atoms with Crippen LogP contribution in [0.4, 0.5) is 5.69 Å². The predicted molar refractivity (Wildman–Crippen MR) is 97.4 cm³/mol. The van der Waals surface area contributed by atoms with Crippen molar-refractivity contribution in [2.24, 2.45) is 0 Å². The molecule has 25 heavy (non-hydrogen) atoms. The van der Waals surface area contributed by atoms with Crippen molar-refractivity contribution in [3.63, 3.8) is 0 Å². The molecule has 2 aromatic rings. The number of anilines is 1. The Morgan fingerprint density at radius 1 is 1.08 bits per heavy atom. The highest BCUT2D eigenvalue weighted by Gasteiger charge is 2.19. The van der Waals surface area contributed by atoms with E-state index in [4.69, 9.17) is 9.84 Å². The number of aryl methyl sites for hydroxylation is 1. The fourth-order valence-electron chi connectivity index (χ4n) is 2.39. The number of carbonyl (C=O) groups excluding carboxylic acids is 1. The molecule has 0 unspecified atom stereocenters. The molecule has 0 bridgehead atoms. The van der Waals surface area contributed by atoms with Gasteiger partial charge in [0.25, 0.3) is 5.91 Å². The van der Waals surface area contributed by atoms with Crippen molar-refractivity contribution in [1.82, 2.24) is 0 Å². The second-order valence-corrected chi connectivity index (χ2v) is 6.97. The first-order valence-electron chi connectivity index (χ1n) is 8.04. The van der Waals surface area contributed by atoms with Crippen molar-refractivity contribution in [2.75, 3.05) is 11.9 Å². The second kappa shape index (κ2) is 7.38. The Kier molecular flexibility index (Phi) is 5.47. The smallest absolute Gasteiger partial charge is 0.335 e. The Morgan fingerprint density at radius 3 is 2.28 bits per heavy atom. The fourth-order valence-corrected chi connectivity index (χ4v) is 2.39. The van der Waals surface area contributed by atoms with Crippen molar-refractivity contribution in [2.45, 2.75) is 33.1 Å². The molecule has 0 saturated carbocycles. The standard InChI is InChI=1S/C20H23NO4/c1-13-5-10-17(16(11-13)20(2,3)4)25-12-18(22)21-15-8-6-14(7-9-15)19(23)24/h5-11H,12H2,1-4H3,(H,21,22)(H,23,24). The zero-order chi connectivity index (χ0) is 18.6. The lowest BCUT2D eigenvalue weighted by Crippen LogP contribution is -2.22. The lowest BCUT2D eigenvalue weighted by molar-refractivity contribution is -0.118. The van der Waals surface area contributed by atoms with Gasteiger partial charge in [0.15, 0.2) is 6.61 Å². The van der Waals surface area contributed by atoms with Crippen molar-refractivity contribution in [1.29, 1.82) is 0 Å². The number of amides is 1. The van der Waals surface area contributed by atoms with Gasteiger partial charge in [0.1, 0.15) is 5.75 Å². The molecule has 0 atom stereocenters. The van der Waals surface area contributed by atoms with Crippen molar-refractivity contribution in [3.05, 3.63) is 59.2 Å². The molecule has 2 aromatic carbocycles. The maximum Gasteiger partial charge on any atom is 0.335 e. The van der Waals surface area contributed by atoms with Gasteiger partial charge in [0.05, 0.1) is 5.56 Å². The molecule has 0 aromatic heterocycles. The first-order valence-corrected chi connectivity index (χ1v) is 8.04. The lowest BCUT2D eigenvalue weighted by Gasteiger charge is -2.23. The molecule has 132 valence electrons. The normalized spacial score (nSPS) is 11.0. The van der Waals surface area contributed by atoms with Gasteiger partial charge in [0.2, 0.25) is 0 Å². The summed E-state index contributed by atoms with van der Waals surface area (Å²) in [6.07, 6.45) is 0. The minimum absolute atomic E-state index is 0.0928. The Balaban J connectivity index is 2.02. The molecular weight excluding hydrogens is 318 g/mol. The number of carboxylic acid groups (broad SMARTS) is 1. The average molecular weight is 341 g/mol. The van der Waals surface area contributed by atoms with E-state index in [2.05, 4.69) is 32.2 Å². The molecule has 5 nitrogen and oxygen atoms in total. The molecule has 0 heterocycles. The maximum atomic E-state index is 12.1. The number of hydrogen-bond acceptors (Lipinski definition) is 3. The molecule has 0 spiro atoms. The van der Waals surface area contributed by atoms with E-state index in [0.717, 1.165) is 11.1 Å². The zero-order valence-electron chi connectivity index (χ0n) is 14.9. The van der Waals surface area contributed by atoms with Crippen LogP contribution in [-0.2, 0) is 10.2 Å². The summed E-state index contributed by atoms with van der Waals surface area (Å²) in [5, 5.41) is 11.6. The van der Waals surface area contributed by atoms with Gasteiger partial charge < -0.3 is 15.2 Å².